The number of nitrogens with one attached hydrogen (secondary N) is 1. The van der Waals surface area contributed by atoms with Crippen LogP contribution in [0.5, 0.6) is 0 Å². The van der Waals surface area contributed by atoms with Crippen LogP contribution in [-0.2, 0) is 0 Å². The van der Waals surface area contributed by atoms with Crippen molar-refractivity contribution in [3.8, 4) is 0 Å². The fourth-order valence-electron chi connectivity index (χ4n) is 3.81. The molecule has 6 rings (SSSR count). The fraction of sp³-hybridized carbons (Fsp3) is 0.417. The van der Waals surface area contributed by atoms with Crippen molar-refractivity contribution in [2.45, 2.75) is 38.0 Å². The quantitative estimate of drug-likeness (QED) is 0.225. The van der Waals surface area contributed by atoms with Gasteiger partial charge in [0.2, 0.25) is 0 Å². The Labute approximate surface area is 228 Å². The monoisotopic (exact) mass is 574 g/mol. The number of alkyl halides is 2. The number of fused-ring (bicyclic) bond motifs is 2. The molecule has 0 amide bonds. The highest BCUT2D eigenvalue weighted by atomic mass is 35.5. The topological polar surface area (TPSA) is 93.1 Å². The van der Waals surface area contributed by atoms with Crippen LogP contribution in [0.4, 0.5) is 25.3 Å². The van der Waals surface area contributed by atoms with Crippen molar-refractivity contribution in [2.75, 3.05) is 42.5 Å². The average molecular weight is 576 g/mol. The van der Waals surface area contributed by atoms with Crippen LogP contribution in [0.25, 0.3) is 20.4 Å². The lowest BCUT2D eigenvalue weighted by Crippen LogP contribution is -2.34. The van der Waals surface area contributed by atoms with Crippen molar-refractivity contribution in [2.24, 2.45) is 0 Å². The van der Waals surface area contributed by atoms with E-state index in [-0.39, 0.29) is 12.4 Å². The van der Waals surface area contributed by atoms with Gasteiger partial charge in [0.05, 0.1) is 20.4 Å². The largest absolute Gasteiger partial charge is 0.399 e. The molecule has 12 heteroatoms. The van der Waals surface area contributed by atoms with E-state index in [0.717, 1.165) is 63.1 Å². The lowest BCUT2D eigenvalue weighted by molar-refractivity contribution is 0.262. The molecular formula is C24H30Cl2F2N6S2. The minimum Gasteiger partial charge on any atom is -0.399 e. The van der Waals surface area contributed by atoms with Crippen LogP contribution >= 0.6 is 46.7 Å². The Morgan fingerprint density at radius 1 is 0.833 bits per heavy atom. The van der Waals surface area contributed by atoms with Gasteiger partial charge in [0.15, 0.2) is 9.60 Å². The Morgan fingerprint density at radius 2 is 1.36 bits per heavy atom. The van der Waals surface area contributed by atoms with Crippen LogP contribution < -0.4 is 21.7 Å². The third kappa shape index (κ3) is 8.01. The maximum atomic E-state index is 13.1. The average Bonchev–Trinajstić information content (AvgIpc) is 3.42. The van der Waals surface area contributed by atoms with Crippen molar-refractivity contribution in [3.05, 3.63) is 40.9 Å². The van der Waals surface area contributed by atoms with Crippen molar-refractivity contribution >= 4 is 83.6 Å². The zero-order valence-electron chi connectivity index (χ0n) is 19.6. The molecule has 2 fully saturated rings. The van der Waals surface area contributed by atoms with E-state index in [9.17, 15) is 8.78 Å². The standard InChI is InChI=1S/C12H14FN3S.C7H5ClN2S.C5H10FN.ClH/c13-8-3-5-16(6-4-8)12-15-10-7-9(14)1-2-11(10)17-12;8-7-10-5-3-4(9)1-2-6(5)11-7;6-5-1-3-7-4-2-5;/h1-2,7-8H,3-6,14H2;1-3H,9H2;5,7H,1-4H2;1H. The Balaban J connectivity index is 0.000000164. The molecule has 196 valence electrons. The number of nitrogen functional groups attached to an aromatic ring is 2. The summed E-state index contributed by atoms with van der Waals surface area (Å²) in [4.78, 5) is 10.8. The molecule has 2 aromatic heterocycles. The first-order chi connectivity index (χ1) is 16.9. The molecule has 4 heterocycles. The molecule has 5 N–H and O–H groups in total. The van der Waals surface area contributed by atoms with E-state index in [2.05, 4.69) is 20.2 Å². The second-order valence-electron chi connectivity index (χ2n) is 8.50. The lowest BCUT2D eigenvalue weighted by atomic mass is 10.1. The van der Waals surface area contributed by atoms with Gasteiger partial charge in [-0.05, 0) is 75.2 Å². The van der Waals surface area contributed by atoms with Crippen molar-refractivity contribution < 1.29 is 8.78 Å². The first-order valence-electron chi connectivity index (χ1n) is 11.6. The maximum Gasteiger partial charge on any atom is 0.186 e. The summed E-state index contributed by atoms with van der Waals surface area (Å²) in [6.07, 6.45) is 1.47. The summed E-state index contributed by atoms with van der Waals surface area (Å²) in [6, 6.07) is 11.4. The fourth-order valence-corrected chi connectivity index (χ4v) is 5.82. The molecule has 36 heavy (non-hydrogen) atoms. The first kappa shape index (κ1) is 28.6. The van der Waals surface area contributed by atoms with Crippen LogP contribution in [0.1, 0.15) is 25.7 Å². The zero-order valence-corrected chi connectivity index (χ0v) is 22.8. The molecule has 0 atom stereocenters. The molecule has 4 aromatic rings. The van der Waals surface area contributed by atoms with E-state index in [0.29, 0.717) is 30.2 Å². The van der Waals surface area contributed by atoms with Crippen molar-refractivity contribution in [3.63, 3.8) is 0 Å². The molecule has 0 spiro atoms. The van der Waals surface area contributed by atoms with Gasteiger partial charge in [-0.15, -0.1) is 23.7 Å². The summed E-state index contributed by atoms with van der Waals surface area (Å²) in [7, 11) is 0. The number of hydrogen-bond donors (Lipinski definition) is 3. The highest BCUT2D eigenvalue weighted by Crippen LogP contribution is 2.31. The van der Waals surface area contributed by atoms with E-state index in [1.165, 1.54) is 11.3 Å². The first-order valence-corrected chi connectivity index (χ1v) is 13.6. The normalized spacial score (nSPS) is 16.6. The molecule has 0 radical (unpaired) electrons. The highest BCUT2D eigenvalue weighted by Gasteiger charge is 2.20. The number of nitrogens with zero attached hydrogens (tertiary/aromatic N) is 3. The maximum absolute atomic E-state index is 13.1. The Bertz CT molecular complexity index is 1240. The van der Waals surface area contributed by atoms with Crippen LogP contribution in [-0.4, -0.2) is 48.5 Å². The number of anilines is 3. The molecular weight excluding hydrogens is 545 g/mol. The van der Waals surface area contributed by atoms with Gasteiger partial charge in [0.25, 0.3) is 0 Å². The summed E-state index contributed by atoms with van der Waals surface area (Å²) in [6.45, 7) is 3.25. The van der Waals surface area contributed by atoms with Gasteiger partial charge in [-0.3, -0.25) is 0 Å². The van der Waals surface area contributed by atoms with Gasteiger partial charge >= 0.3 is 0 Å². The van der Waals surface area contributed by atoms with Crippen molar-refractivity contribution in [1.82, 2.24) is 15.3 Å². The minimum atomic E-state index is -0.642. The second-order valence-corrected chi connectivity index (χ2v) is 11.1. The molecule has 0 unspecified atom stereocenters. The smallest absolute Gasteiger partial charge is 0.186 e. The third-order valence-electron chi connectivity index (χ3n) is 5.75. The van der Waals surface area contributed by atoms with Crippen LogP contribution in [0.15, 0.2) is 36.4 Å². The van der Waals surface area contributed by atoms with E-state index >= 15 is 0 Å². The lowest BCUT2D eigenvalue weighted by Gasteiger charge is -2.27. The third-order valence-corrected chi connectivity index (χ3v) is 7.99. The Hall–Kier alpha value is -1.98. The van der Waals surface area contributed by atoms with E-state index in [1.54, 1.807) is 11.3 Å². The minimum absolute atomic E-state index is 0. The van der Waals surface area contributed by atoms with Gasteiger partial charge in [-0.2, -0.15) is 0 Å². The van der Waals surface area contributed by atoms with Gasteiger partial charge in [-0.25, -0.2) is 18.7 Å². The van der Waals surface area contributed by atoms with Gasteiger partial charge < -0.3 is 21.7 Å². The number of nitrogens with two attached hydrogens (primary N) is 2. The number of piperidine rings is 2. The Morgan fingerprint density at radius 3 is 1.92 bits per heavy atom. The van der Waals surface area contributed by atoms with Crippen LogP contribution in [0.3, 0.4) is 0 Å². The number of hydrogen-bond acceptors (Lipinski definition) is 8. The molecule has 6 nitrogen and oxygen atoms in total. The number of thiazole rings is 2. The van der Waals surface area contributed by atoms with Crippen LogP contribution in [0.2, 0.25) is 4.47 Å². The number of rotatable bonds is 1. The van der Waals surface area contributed by atoms with E-state index in [1.807, 2.05) is 36.4 Å². The molecule has 2 saturated heterocycles. The van der Waals surface area contributed by atoms with Crippen LogP contribution in [0, 0.1) is 0 Å². The summed E-state index contributed by atoms with van der Waals surface area (Å²) >= 11 is 8.81. The van der Waals surface area contributed by atoms with Gasteiger partial charge in [-0.1, -0.05) is 22.9 Å². The predicted molar refractivity (Wildman–Crippen MR) is 154 cm³/mol. The summed E-state index contributed by atoms with van der Waals surface area (Å²) in [5.74, 6) is 0. The van der Waals surface area contributed by atoms with Gasteiger partial charge in [0.1, 0.15) is 12.3 Å². The summed E-state index contributed by atoms with van der Waals surface area (Å²) in [5.41, 5.74) is 14.6. The molecule has 0 aliphatic carbocycles. The highest BCUT2D eigenvalue weighted by molar-refractivity contribution is 7.22. The molecule has 2 aliphatic heterocycles. The SMILES string of the molecule is Cl.FC1CCNCC1.Nc1ccc2sc(Cl)nc2c1.Nc1ccc2sc(N3CCC(F)CC3)nc2c1. The summed E-state index contributed by atoms with van der Waals surface area (Å²) < 4.78 is 28.0. The molecule has 2 aliphatic rings. The second kappa shape index (κ2) is 13.5. The Kier molecular flexibility index (Phi) is 10.7. The zero-order chi connectivity index (χ0) is 24.8. The van der Waals surface area contributed by atoms with Crippen molar-refractivity contribution in [1.29, 1.82) is 0 Å². The summed E-state index contributed by atoms with van der Waals surface area (Å²) in [5, 5.41) is 4.06. The van der Waals surface area contributed by atoms with E-state index in [4.69, 9.17) is 23.1 Å². The van der Waals surface area contributed by atoms with E-state index < -0.39 is 12.3 Å². The number of halogens is 4. The van der Waals surface area contributed by atoms with Gasteiger partial charge in [0, 0.05) is 24.5 Å². The predicted octanol–water partition coefficient (Wildman–Crippen LogP) is 6.48. The molecule has 2 aromatic carbocycles. The molecule has 0 bridgehead atoms. The number of aromatic nitrogens is 2. The number of benzene rings is 2. The molecule has 0 saturated carbocycles.